The second kappa shape index (κ2) is 9.03. The Hall–Kier alpha value is -2.08. The van der Waals surface area contributed by atoms with E-state index in [1.165, 1.54) is 13.2 Å². The Morgan fingerprint density at radius 3 is 2.50 bits per heavy atom. The summed E-state index contributed by atoms with van der Waals surface area (Å²) in [7, 11) is 1.22. The molecule has 10 nitrogen and oxygen atoms in total. The van der Waals surface area contributed by atoms with Gasteiger partial charge in [-0.15, -0.1) is 0 Å². The first kappa shape index (κ1) is 20.2. The van der Waals surface area contributed by atoms with Crippen molar-refractivity contribution in [3.8, 4) is 0 Å². The molecule has 0 spiro atoms. The monoisotopic (exact) mass is 371 g/mol. The van der Waals surface area contributed by atoms with Gasteiger partial charge in [0.2, 0.25) is 0 Å². The summed E-state index contributed by atoms with van der Waals surface area (Å²) in [6, 6.07) is 6.37. The number of carboxylic acids is 1. The molecule has 0 aliphatic carbocycles. The number of rotatable bonds is 7. The molecule has 0 saturated carbocycles. The number of aliphatic hydroxyl groups is 4. The maximum Gasteiger partial charge on any atom is 0.358 e. The van der Waals surface area contributed by atoms with Crippen molar-refractivity contribution in [3.63, 3.8) is 0 Å². The van der Waals surface area contributed by atoms with E-state index in [1.807, 2.05) is 0 Å². The summed E-state index contributed by atoms with van der Waals surface area (Å²) in [6.45, 7) is -0.764. The summed E-state index contributed by atoms with van der Waals surface area (Å²) < 4.78 is 10.7. The molecule has 1 aliphatic rings. The Morgan fingerprint density at radius 2 is 1.88 bits per heavy atom. The summed E-state index contributed by atoms with van der Waals surface area (Å²) in [5.41, 5.74) is 0.328. The van der Waals surface area contributed by atoms with Gasteiger partial charge in [-0.25, -0.2) is 4.79 Å². The molecule has 0 radical (unpaired) electrons. The molecule has 0 unspecified atom stereocenters. The first-order valence-corrected chi connectivity index (χ1v) is 7.75. The minimum absolute atomic E-state index is 0.186. The number of aliphatic carboxylic acids is 1. The predicted molar refractivity (Wildman–Crippen MR) is 86.2 cm³/mol. The van der Waals surface area contributed by atoms with Crippen molar-refractivity contribution in [3.05, 3.63) is 35.4 Å². The number of hydrogen-bond donors (Lipinski definition) is 5. The zero-order valence-electron chi connectivity index (χ0n) is 13.9. The molecule has 1 saturated heterocycles. The van der Waals surface area contributed by atoms with E-state index >= 15 is 0 Å². The lowest BCUT2D eigenvalue weighted by atomic mass is 9.99. The fourth-order valence-corrected chi connectivity index (χ4v) is 2.55. The molecule has 1 fully saturated rings. The molecule has 144 valence electrons. The lowest BCUT2D eigenvalue weighted by Crippen LogP contribution is -2.59. The molecule has 10 heteroatoms. The third-order valence-corrected chi connectivity index (χ3v) is 3.91. The van der Waals surface area contributed by atoms with Gasteiger partial charge in [-0.1, -0.05) is 29.4 Å². The van der Waals surface area contributed by atoms with Crippen molar-refractivity contribution >= 4 is 11.7 Å². The second-order valence-corrected chi connectivity index (χ2v) is 5.59. The Labute approximate surface area is 148 Å². The Balaban J connectivity index is 2.17. The van der Waals surface area contributed by atoms with Crippen LogP contribution in [0.5, 0.6) is 0 Å². The Bertz CT molecular complexity index is 648. The largest absolute Gasteiger partial charge is 0.476 e. The van der Waals surface area contributed by atoms with Crippen molar-refractivity contribution in [1.82, 2.24) is 0 Å². The fourth-order valence-electron chi connectivity index (χ4n) is 2.55. The van der Waals surface area contributed by atoms with Gasteiger partial charge in [-0.05, 0) is 5.56 Å². The quantitative estimate of drug-likeness (QED) is 0.282. The van der Waals surface area contributed by atoms with Gasteiger partial charge in [0.1, 0.15) is 31.5 Å². The summed E-state index contributed by atoms with van der Waals surface area (Å²) in [5.74, 6) is -1.30. The number of nitrogens with zero attached hydrogens (tertiary/aromatic N) is 1. The van der Waals surface area contributed by atoms with Gasteiger partial charge in [0, 0.05) is 5.56 Å². The van der Waals surface area contributed by atoms with Gasteiger partial charge in [0.05, 0.1) is 13.2 Å². The highest BCUT2D eigenvalue weighted by atomic mass is 16.7. The van der Waals surface area contributed by atoms with Crippen LogP contribution in [-0.4, -0.2) is 81.6 Å². The average Bonchev–Trinajstić information content (AvgIpc) is 2.64. The molecule has 1 aliphatic heterocycles. The highest BCUT2D eigenvalue weighted by Crippen LogP contribution is 2.23. The molecule has 26 heavy (non-hydrogen) atoms. The molecule has 0 aromatic heterocycles. The van der Waals surface area contributed by atoms with Crippen molar-refractivity contribution in [2.24, 2.45) is 5.16 Å². The number of hydrogen-bond acceptors (Lipinski definition) is 9. The number of carboxylic acid groups (broad SMARTS) is 1. The summed E-state index contributed by atoms with van der Waals surface area (Å²) in [6.07, 6.45) is -7.03. The second-order valence-electron chi connectivity index (χ2n) is 5.59. The van der Waals surface area contributed by atoms with E-state index in [1.54, 1.807) is 18.2 Å². The third kappa shape index (κ3) is 4.36. The van der Waals surface area contributed by atoms with Crippen LogP contribution in [0.1, 0.15) is 11.1 Å². The van der Waals surface area contributed by atoms with Gasteiger partial charge >= 0.3 is 5.97 Å². The lowest BCUT2D eigenvalue weighted by molar-refractivity contribution is -0.304. The molecule has 1 aromatic carbocycles. The highest BCUT2D eigenvalue weighted by Gasteiger charge is 2.44. The van der Waals surface area contributed by atoms with Crippen LogP contribution < -0.4 is 0 Å². The van der Waals surface area contributed by atoms with Gasteiger partial charge < -0.3 is 39.8 Å². The van der Waals surface area contributed by atoms with Crippen LogP contribution in [0.15, 0.2) is 29.4 Å². The average molecular weight is 371 g/mol. The van der Waals surface area contributed by atoms with Gasteiger partial charge in [-0.2, -0.15) is 0 Å². The Kier molecular flexibility index (Phi) is 7.03. The minimum Gasteiger partial charge on any atom is -0.476 e. The van der Waals surface area contributed by atoms with Gasteiger partial charge in [-0.3, -0.25) is 0 Å². The molecule has 5 N–H and O–H groups in total. The standard InChI is InChI=1S/C16H21NO9/c1-24-17-11(15(22)23)9-5-3-2-4-8(9)7-25-16-14(21)13(20)12(19)10(6-18)26-16/h2-5,10,12-14,16,18-21H,6-7H2,1H3,(H,22,23)/b17-11+/t10-,12-,13+,14-,16-/m1/s1. The topological polar surface area (TPSA) is 158 Å². The molecule has 1 aromatic rings. The number of carbonyl (C=O) groups is 1. The first-order chi connectivity index (χ1) is 12.4. The van der Waals surface area contributed by atoms with Crippen molar-refractivity contribution < 1.29 is 44.6 Å². The maximum absolute atomic E-state index is 11.4. The zero-order chi connectivity index (χ0) is 19.3. The zero-order valence-corrected chi connectivity index (χ0v) is 13.9. The van der Waals surface area contributed by atoms with E-state index in [9.17, 15) is 30.3 Å². The first-order valence-electron chi connectivity index (χ1n) is 7.75. The lowest BCUT2D eigenvalue weighted by Gasteiger charge is -2.39. The minimum atomic E-state index is -1.56. The van der Waals surface area contributed by atoms with E-state index in [2.05, 4.69) is 9.99 Å². The van der Waals surface area contributed by atoms with Crippen LogP contribution in [0.25, 0.3) is 0 Å². The van der Waals surface area contributed by atoms with Gasteiger partial charge in [0.25, 0.3) is 0 Å². The van der Waals surface area contributed by atoms with Crippen molar-refractivity contribution in [1.29, 1.82) is 0 Å². The molecule has 0 bridgehead atoms. The van der Waals surface area contributed by atoms with Crippen molar-refractivity contribution in [2.75, 3.05) is 13.7 Å². The number of aliphatic hydroxyl groups excluding tert-OH is 4. The van der Waals surface area contributed by atoms with E-state index in [-0.39, 0.29) is 17.9 Å². The molecule has 0 amide bonds. The summed E-state index contributed by atoms with van der Waals surface area (Å²) in [5, 5.41) is 51.4. The third-order valence-electron chi connectivity index (χ3n) is 3.91. The molecule has 2 rings (SSSR count). The SMILES string of the molecule is CO/N=C(/C(=O)O)c1ccccc1CO[C@@H]1O[C@H](CO)[C@@H](O)[C@H](O)[C@H]1O. The predicted octanol–water partition coefficient (Wildman–Crippen LogP) is -1.56. The van der Waals surface area contributed by atoms with Crippen LogP contribution in [0, 0.1) is 0 Å². The number of benzene rings is 1. The smallest absolute Gasteiger partial charge is 0.358 e. The molecule has 1 heterocycles. The van der Waals surface area contributed by atoms with Crippen LogP contribution in [0.2, 0.25) is 0 Å². The van der Waals surface area contributed by atoms with E-state index in [0.717, 1.165) is 0 Å². The van der Waals surface area contributed by atoms with Crippen LogP contribution in [-0.2, 0) is 25.7 Å². The molecular formula is C16H21NO9. The van der Waals surface area contributed by atoms with E-state index in [0.29, 0.717) is 5.56 Å². The molecular weight excluding hydrogens is 350 g/mol. The van der Waals surface area contributed by atoms with E-state index in [4.69, 9.17) is 9.47 Å². The molecule has 5 atom stereocenters. The van der Waals surface area contributed by atoms with E-state index < -0.39 is 43.3 Å². The number of ether oxygens (including phenoxy) is 2. The normalized spacial score (nSPS) is 29.4. The van der Waals surface area contributed by atoms with Crippen LogP contribution in [0.3, 0.4) is 0 Å². The van der Waals surface area contributed by atoms with Crippen LogP contribution in [0.4, 0.5) is 0 Å². The maximum atomic E-state index is 11.4. The fraction of sp³-hybridized carbons (Fsp3) is 0.500. The van der Waals surface area contributed by atoms with Crippen LogP contribution >= 0.6 is 0 Å². The number of oxime groups is 1. The summed E-state index contributed by atoms with van der Waals surface area (Å²) in [4.78, 5) is 15.9. The summed E-state index contributed by atoms with van der Waals surface area (Å²) >= 11 is 0. The van der Waals surface area contributed by atoms with Gasteiger partial charge in [0.15, 0.2) is 12.0 Å². The Morgan fingerprint density at radius 1 is 1.19 bits per heavy atom. The highest BCUT2D eigenvalue weighted by molar-refractivity contribution is 6.42. The van der Waals surface area contributed by atoms with Crippen molar-refractivity contribution in [2.45, 2.75) is 37.3 Å².